The Labute approximate surface area is 131 Å². The number of pyridine rings is 1. The third-order valence-electron chi connectivity index (χ3n) is 4.05. The normalized spacial score (nSPS) is 11.3. The average Bonchev–Trinajstić information content (AvgIpc) is 2.52. The first-order chi connectivity index (χ1) is 10.6. The minimum atomic E-state index is 0.112. The van der Waals surface area contributed by atoms with E-state index in [-0.39, 0.29) is 5.56 Å². The van der Waals surface area contributed by atoms with Gasteiger partial charge in [-0.1, -0.05) is 62.4 Å². The Morgan fingerprint density at radius 2 is 1.50 bits per heavy atom. The van der Waals surface area contributed by atoms with Crippen LogP contribution in [-0.2, 0) is 6.54 Å². The van der Waals surface area contributed by atoms with Gasteiger partial charge in [0.1, 0.15) is 0 Å². The van der Waals surface area contributed by atoms with Gasteiger partial charge in [0, 0.05) is 23.2 Å². The zero-order valence-electron chi connectivity index (χ0n) is 13.3. The highest BCUT2D eigenvalue weighted by atomic mass is 16.1. The molecule has 112 valence electrons. The quantitative estimate of drug-likeness (QED) is 0.689. The standard InChI is InChI=1S/C20H21NO/c1-14(2)13-21-15(3)19(16-9-5-4-6-10-16)17-11-7-8-12-18(17)20(21)22/h4-12,14H,13H2,1-3H3. The van der Waals surface area contributed by atoms with E-state index in [9.17, 15) is 4.79 Å². The van der Waals surface area contributed by atoms with Gasteiger partial charge in [-0.3, -0.25) is 4.79 Å². The lowest BCUT2D eigenvalue weighted by Crippen LogP contribution is -2.25. The van der Waals surface area contributed by atoms with Crippen molar-refractivity contribution in [2.24, 2.45) is 5.92 Å². The molecule has 3 rings (SSSR count). The van der Waals surface area contributed by atoms with Crippen LogP contribution in [0, 0.1) is 12.8 Å². The Morgan fingerprint density at radius 1 is 0.909 bits per heavy atom. The molecule has 0 N–H and O–H groups in total. The molecule has 0 saturated carbocycles. The molecule has 2 heteroatoms. The summed E-state index contributed by atoms with van der Waals surface area (Å²) in [6, 6.07) is 18.2. The second-order valence-electron chi connectivity index (χ2n) is 6.18. The number of nitrogens with zero attached hydrogens (tertiary/aromatic N) is 1. The summed E-state index contributed by atoms with van der Waals surface area (Å²) in [4.78, 5) is 12.8. The van der Waals surface area contributed by atoms with Crippen LogP contribution >= 0.6 is 0 Å². The van der Waals surface area contributed by atoms with Gasteiger partial charge < -0.3 is 4.57 Å². The third-order valence-corrected chi connectivity index (χ3v) is 4.05. The first-order valence-corrected chi connectivity index (χ1v) is 7.77. The second-order valence-corrected chi connectivity index (χ2v) is 6.18. The average molecular weight is 291 g/mol. The number of hydrogen-bond donors (Lipinski definition) is 0. The Bertz CT molecular complexity index is 860. The summed E-state index contributed by atoms with van der Waals surface area (Å²) in [5.74, 6) is 0.432. The van der Waals surface area contributed by atoms with Gasteiger partial charge in [0.15, 0.2) is 0 Å². The zero-order chi connectivity index (χ0) is 15.7. The number of benzene rings is 2. The lowest BCUT2D eigenvalue weighted by atomic mass is 9.97. The highest BCUT2D eigenvalue weighted by Crippen LogP contribution is 2.30. The molecular weight excluding hydrogens is 270 g/mol. The van der Waals surface area contributed by atoms with Gasteiger partial charge in [0.2, 0.25) is 0 Å². The summed E-state index contributed by atoms with van der Waals surface area (Å²) < 4.78 is 1.93. The van der Waals surface area contributed by atoms with Gasteiger partial charge in [-0.2, -0.15) is 0 Å². The van der Waals surface area contributed by atoms with Crippen molar-refractivity contribution in [1.82, 2.24) is 4.57 Å². The molecule has 0 amide bonds. The van der Waals surface area contributed by atoms with Crippen LogP contribution in [0.5, 0.6) is 0 Å². The molecule has 2 aromatic carbocycles. The van der Waals surface area contributed by atoms with Crippen LogP contribution < -0.4 is 5.56 Å². The van der Waals surface area contributed by atoms with Crippen molar-refractivity contribution < 1.29 is 0 Å². The summed E-state index contributed by atoms with van der Waals surface area (Å²) in [6.07, 6.45) is 0. The predicted molar refractivity (Wildman–Crippen MR) is 93.2 cm³/mol. The molecule has 1 aromatic heterocycles. The van der Waals surface area contributed by atoms with Crippen LogP contribution in [-0.4, -0.2) is 4.57 Å². The van der Waals surface area contributed by atoms with Crippen molar-refractivity contribution in [3.8, 4) is 11.1 Å². The number of rotatable bonds is 3. The Kier molecular flexibility index (Phi) is 3.84. The van der Waals surface area contributed by atoms with Gasteiger partial charge in [0.25, 0.3) is 5.56 Å². The van der Waals surface area contributed by atoms with Gasteiger partial charge in [-0.25, -0.2) is 0 Å². The molecule has 22 heavy (non-hydrogen) atoms. The minimum Gasteiger partial charge on any atom is -0.312 e. The summed E-state index contributed by atoms with van der Waals surface area (Å²) in [7, 11) is 0. The fraction of sp³-hybridized carbons (Fsp3) is 0.250. The van der Waals surface area contributed by atoms with Crippen molar-refractivity contribution in [3.63, 3.8) is 0 Å². The number of aromatic nitrogens is 1. The first kappa shape index (κ1) is 14.6. The van der Waals surface area contributed by atoms with E-state index in [1.807, 2.05) is 47.0 Å². The highest BCUT2D eigenvalue weighted by molar-refractivity contribution is 5.97. The molecule has 1 heterocycles. The van der Waals surface area contributed by atoms with E-state index in [0.717, 1.165) is 34.1 Å². The molecule has 0 aliphatic heterocycles. The number of hydrogen-bond acceptors (Lipinski definition) is 1. The lowest BCUT2D eigenvalue weighted by Gasteiger charge is -2.19. The zero-order valence-corrected chi connectivity index (χ0v) is 13.3. The lowest BCUT2D eigenvalue weighted by molar-refractivity contribution is 0.505. The van der Waals surface area contributed by atoms with Gasteiger partial charge in [0.05, 0.1) is 0 Å². The van der Waals surface area contributed by atoms with E-state index in [2.05, 4.69) is 32.9 Å². The monoisotopic (exact) mass is 291 g/mol. The second kappa shape index (κ2) is 5.80. The molecule has 0 spiro atoms. The first-order valence-electron chi connectivity index (χ1n) is 7.77. The molecule has 2 nitrogen and oxygen atoms in total. The molecule has 0 atom stereocenters. The molecule has 0 aliphatic rings. The van der Waals surface area contributed by atoms with Crippen molar-refractivity contribution in [1.29, 1.82) is 0 Å². The van der Waals surface area contributed by atoms with E-state index in [1.165, 1.54) is 0 Å². The highest BCUT2D eigenvalue weighted by Gasteiger charge is 2.15. The van der Waals surface area contributed by atoms with Crippen LogP contribution in [0.15, 0.2) is 59.4 Å². The van der Waals surface area contributed by atoms with Crippen LogP contribution in [0.4, 0.5) is 0 Å². The third kappa shape index (κ3) is 2.45. The smallest absolute Gasteiger partial charge is 0.258 e. The van der Waals surface area contributed by atoms with Gasteiger partial charge >= 0.3 is 0 Å². The van der Waals surface area contributed by atoms with Crippen LogP contribution in [0.2, 0.25) is 0 Å². The summed E-state index contributed by atoms with van der Waals surface area (Å²) in [5, 5.41) is 1.84. The van der Waals surface area contributed by atoms with Crippen molar-refractivity contribution >= 4 is 10.8 Å². The maximum Gasteiger partial charge on any atom is 0.258 e. The van der Waals surface area contributed by atoms with Gasteiger partial charge in [-0.05, 0) is 29.9 Å². The molecule has 0 radical (unpaired) electrons. The maximum absolute atomic E-state index is 12.8. The summed E-state index contributed by atoms with van der Waals surface area (Å²) >= 11 is 0. The van der Waals surface area contributed by atoms with Crippen molar-refractivity contribution in [2.45, 2.75) is 27.3 Å². The molecular formula is C20H21NO. The summed E-state index contributed by atoms with van der Waals surface area (Å²) in [5.41, 5.74) is 3.48. The van der Waals surface area contributed by atoms with E-state index < -0.39 is 0 Å². The Morgan fingerprint density at radius 3 is 2.14 bits per heavy atom. The predicted octanol–water partition coefficient (Wildman–Crippen LogP) is 4.63. The van der Waals surface area contributed by atoms with Crippen molar-refractivity contribution in [3.05, 3.63) is 70.6 Å². The Balaban J connectivity index is 2.42. The van der Waals surface area contributed by atoms with E-state index in [1.54, 1.807) is 0 Å². The SMILES string of the molecule is Cc1c(-c2ccccc2)c2ccccc2c(=O)n1CC(C)C. The topological polar surface area (TPSA) is 22.0 Å². The molecule has 0 saturated heterocycles. The largest absolute Gasteiger partial charge is 0.312 e. The fourth-order valence-electron chi connectivity index (χ4n) is 3.07. The molecule has 0 bridgehead atoms. The molecule has 0 fully saturated rings. The van der Waals surface area contributed by atoms with Gasteiger partial charge in [-0.15, -0.1) is 0 Å². The van der Waals surface area contributed by atoms with Crippen LogP contribution in [0.3, 0.4) is 0 Å². The van der Waals surface area contributed by atoms with E-state index in [0.29, 0.717) is 5.92 Å². The maximum atomic E-state index is 12.8. The Hall–Kier alpha value is -2.35. The fourth-order valence-corrected chi connectivity index (χ4v) is 3.07. The molecule has 0 aliphatic carbocycles. The van der Waals surface area contributed by atoms with Crippen LogP contribution in [0.1, 0.15) is 19.5 Å². The molecule has 0 unspecified atom stereocenters. The number of fused-ring (bicyclic) bond motifs is 1. The summed E-state index contributed by atoms with van der Waals surface area (Å²) in [6.45, 7) is 7.08. The van der Waals surface area contributed by atoms with Crippen LogP contribution in [0.25, 0.3) is 21.9 Å². The molecule has 3 aromatic rings. The van der Waals surface area contributed by atoms with Crippen molar-refractivity contribution in [2.75, 3.05) is 0 Å². The minimum absolute atomic E-state index is 0.112. The van der Waals surface area contributed by atoms with E-state index in [4.69, 9.17) is 0 Å². The van der Waals surface area contributed by atoms with E-state index >= 15 is 0 Å².